The van der Waals surface area contributed by atoms with Gasteiger partial charge in [-0.15, -0.1) is 12.4 Å². The van der Waals surface area contributed by atoms with Crippen LogP contribution >= 0.6 is 12.4 Å². The number of benzene rings is 1. The minimum absolute atomic E-state index is 0. The van der Waals surface area contributed by atoms with Gasteiger partial charge in [-0.25, -0.2) is 8.78 Å². The Morgan fingerprint density at radius 3 is 2.15 bits per heavy atom. The van der Waals surface area contributed by atoms with Crippen molar-refractivity contribution in [3.05, 3.63) is 29.8 Å². The molecular weight excluding hydrogens is 312 g/mol. The average molecular weight is 324 g/mol. The number of para-hydroxylation sites is 1. The van der Waals surface area contributed by atoms with Gasteiger partial charge in [0.2, 0.25) is 6.43 Å². The number of halogens is 7. The highest BCUT2D eigenvalue weighted by molar-refractivity contribution is 5.85. The molecule has 0 bridgehead atoms. The Balaban J connectivity index is 0.00000361. The van der Waals surface area contributed by atoms with Gasteiger partial charge < -0.3 is 10.5 Å². The van der Waals surface area contributed by atoms with E-state index in [1.54, 1.807) is 0 Å². The van der Waals surface area contributed by atoms with Crippen molar-refractivity contribution in [3.8, 4) is 5.75 Å². The summed E-state index contributed by atoms with van der Waals surface area (Å²) in [4.78, 5) is 0. The summed E-state index contributed by atoms with van der Waals surface area (Å²) >= 11 is 0. The van der Waals surface area contributed by atoms with Crippen LogP contribution in [0.5, 0.6) is 5.75 Å². The van der Waals surface area contributed by atoms with Crippen LogP contribution in [-0.4, -0.2) is 19.0 Å². The van der Waals surface area contributed by atoms with Gasteiger partial charge in [-0.1, -0.05) is 18.2 Å². The largest absolute Gasteiger partial charge is 0.461 e. The lowest BCUT2D eigenvalue weighted by Crippen LogP contribution is -2.34. The predicted molar refractivity (Wildman–Crippen MR) is 62.8 cm³/mol. The second kappa shape index (κ2) is 7.58. The molecule has 0 saturated carbocycles. The predicted octanol–water partition coefficient (Wildman–Crippen LogP) is 4.00. The maximum atomic E-state index is 12.8. The summed E-state index contributed by atoms with van der Waals surface area (Å²) in [5, 5.41) is 0. The molecule has 0 saturated heterocycles. The van der Waals surface area contributed by atoms with Gasteiger partial charge in [0.15, 0.2) is 0 Å². The average Bonchev–Trinajstić information content (AvgIpc) is 2.27. The van der Waals surface area contributed by atoms with Crippen molar-refractivity contribution in [2.75, 3.05) is 0 Å². The van der Waals surface area contributed by atoms with E-state index in [0.29, 0.717) is 0 Å². The van der Waals surface area contributed by atoms with Crippen molar-refractivity contribution in [1.29, 1.82) is 0 Å². The van der Waals surface area contributed by atoms with E-state index >= 15 is 0 Å². The lowest BCUT2D eigenvalue weighted by Gasteiger charge is -2.21. The molecule has 0 unspecified atom stereocenters. The Kier molecular flexibility index (Phi) is 7.15. The molecule has 0 aliphatic heterocycles. The zero-order valence-corrected chi connectivity index (χ0v) is 10.7. The van der Waals surface area contributed by atoms with E-state index in [-0.39, 0.29) is 18.0 Å². The van der Waals surface area contributed by atoms with Crippen molar-refractivity contribution in [1.82, 2.24) is 0 Å². The lowest BCUT2D eigenvalue weighted by molar-refractivity contribution is -0.253. The minimum atomic E-state index is -4.71. The number of alkyl halides is 6. The fourth-order valence-electron chi connectivity index (χ4n) is 1.39. The van der Waals surface area contributed by atoms with Crippen LogP contribution in [0.25, 0.3) is 0 Å². The molecule has 1 aromatic rings. The third-order valence-electron chi connectivity index (χ3n) is 2.25. The van der Waals surface area contributed by atoms with Gasteiger partial charge in [-0.2, -0.15) is 17.6 Å². The number of ether oxygens (including phenoxy) is 1. The van der Waals surface area contributed by atoms with E-state index in [4.69, 9.17) is 5.73 Å². The highest BCUT2D eigenvalue weighted by Gasteiger charge is 2.44. The first kappa shape index (κ1) is 18.9. The van der Waals surface area contributed by atoms with E-state index in [9.17, 15) is 26.3 Å². The molecule has 0 aromatic heterocycles. The number of rotatable bonds is 6. The standard InChI is InChI=1S/C11H11F6NO.ClH/c12-9(13)5-7(18)6-3-1-2-4-8(6)19-11(16,17)10(14)15;/h1-4,7,9-10H,5,18H2;1H/t7-;/m1./s1. The maximum absolute atomic E-state index is 12.8. The van der Waals surface area contributed by atoms with Gasteiger partial charge in [0.25, 0.3) is 0 Å². The van der Waals surface area contributed by atoms with Gasteiger partial charge in [0.05, 0.1) is 0 Å². The topological polar surface area (TPSA) is 35.2 Å². The molecule has 0 amide bonds. The van der Waals surface area contributed by atoms with Gasteiger partial charge >= 0.3 is 12.5 Å². The summed E-state index contributed by atoms with van der Waals surface area (Å²) in [6.45, 7) is 0. The first-order chi connectivity index (χ1) is 8.74. The summed E-state index contributed by atoms with van der Waals surface area (Å²) in [6, 6.07) is 3.45. The number of nitrogens with two attached hydrogens (primary N) is 1. The van der Waals surface area contributed by atoms with E-state index in [0.717, 1.165) is 6.07 Å². The summed E-state index contributed by atoms with van der Waals surface area (Å²) in [5.74, 6) is -0.638. The fourth-order valence-corrected chi connectivity index (χ4v) is 1.39. The lowest BCUT2D eigenvalue weighted by atomic mass is 10.0. The van der Waals surface area contributed by atoms with Crippen molar-refractivity contribution >= 4 is 12.4 Å². The van der Waals surface area contributed by atoms with E-state index in [1.807, 2.05) is 0 Å². The second-order valence-corrected chi connectivity index (χ2v) is 3.74. The van der Waals surface area contributed by atoms with E-state index in [2.05, 4.69) is 4.74 Å². The summed E-state index contributed by atoms with van der Waals surface area (Å²) in [5.41, 5.74) is 5.22. The first-order valence-electron chi connectivity index (χ1n) is 5.21. The molecule has 2 N–H and O–H groups in total. The zero-order valence-electron chi connectivity index (χ0n) is 9.91. The van der Waals surface area contributed by atoms with Crippen LogP contribution in [0.3, 0.4) is 0 Å². The first-order valence-corrected chi connectivity index (χ1v) is 5.21. The molecule has 2 nitrogen and oxygen atoms in total. The molecular formula is C11H12ClF6NO. The fraction of sp³-hybridized carbons (Fsp3) is 0.455. The Bertz CT molecular complexity index is 418. The van der Waals surface area contributed by atoms with Crippen LogP contribution in [0.15, 0.2) is 24.3 Å². The summed E-state index contributed by atoms with van der Waals surface area (Å²) < 4.78 is 77.8. The quantitative estimate of drug-likeness (QED) is 0.803. The van der Waals surface area contributed by atoms with Crippen molar-refractivity contribution in [2.45, 2.75) is 31.4 Å². The van der Waals surface area contributed by atoms with Crippen LogP contribution in [-0.2, 0) is 0 Å². The number of hydrogen-bond donors (Lipinski definition) is 1. The summed E-state index contributed by atoms with van der Waals surface area (Å²) in [7, 11) is 0. The van der Waals surface area contributed by atoms with Crippen molar-refractivity contribution in [2.24, 2.45) is 5.73 Å². The Morgan fingerprint density at radius 1 is 1.10 bits per heavy atom. The van der Waals surface area contributed by atoms with Crippen molar-refractivity contribution in [3.63, 3.8) is 0 Å². The smallest absolute Gasteiger partial charge is 0.428 e. The molecule has 9 heteroatoms. The van der Waals surface area contributed by atoms with Crippen LogP contribution in [0.1, 0.15) is 18.0 Å². The molecule has 1 atom stereocenters. The maximum Gasteiger partial charge on any atom is 0.461 e. The van der Waals surface area contributed by atoms with Crippen LogP contribution in [0.4, 0.5) is 26.3 Å². The SMILES string of the molecule is Cl.N[C@H](CC(F)F)c1ccccc1OC(F)(F)C(F)F. The van der Waals surface area contributed by atoms with Gasteiger partial charge in [0.1, 0.15) is 5.75 Å². The molecule has 0 aliphatic carbocycles. The van der Waals surface area contributed by atoms with Gasteiger partial charge in [-0.05, 0) is 6.07 Å². The third kappa shape index (κ3) is 5.09. The van der Waals surface area contributed by atoms with Gasteiger partial charge in [-0.3, -0.25) is 0 Å². The Labute approximate surface area is 117 Å². The van der Waals surface area contributed by atoms with Crippen LogP contribution in [0.2, 0.25) is 0 Å². The normalized spacial score (nSPS) is 13.2. The van der Waals surface area contributed by atoms with E-state index < -0.39 is 37.2 Å². The molecule has 0 aliphatic rings. The molecule has 0 spiro atoms. The molecule has 0 fully saturated rings. The Hall–Kier alpha value is -1.15. The van der Waals surface area contributed by atoms with Crippen LogP contribution in [0, 0.1) is 0 Å². The molecule has 116 valence electrons. The minimum Gasteiger partial charge on any atom is -0.428 e. The van der Waals surface area contributed by atoms with Gasteiger partial charge in [0, 0.05) is 18.0 Å². The Morgan fingerprint density at radius 2 is 1.65 bits per heavy atom. The molecule has 0 heterocycles. The zero-order chi connectivity index (χ0) is 14.6. The number of hydrogen-bond acceptors (Lipinski definition) is 2. The summed E-state index contributed by atoms with van der Waals surface area (Å²) in [6.07, 6.45) is -12.3. The van der Waals surface area contributed by atoms with E-state index in [1.165, 1.54) is 18.2 Å². The monoisotopic (exact) mass is 323 g/mol. The molecule has 1 rings (SSSR count). The van der Waals surface area contributed by atoms with Crippen LogP contribution < -0.4 is 10.5 Å². The molecule has 20 heavy (non-hydrogen) atoms. The third-order valence-corrected chi connectivity index (χ3v) is 2.25. The highest BCUT2D eigenvalue weighted by atomic mass is 35.5. The van der Waals surface area contributed by atoms with Crippen molar-refractivity contribution < 1.29 is 31.1 Å². The molecule has 0 radical (unpaired) electrons. The highest BCUT2D eigenvalue weighted by Crippen LogP contribution is 2.33. The second-order valence-electron chi connectivity index (χ2n) is 3.74. The molecule has 1 aromatic carbocycles.